The van der Waals surface area contributed by atoms with Crippen LogP contribution in [0.25, 0.3) is 0 Å². The predicted molar refractivity (Wildman–Crippen MR) is 70.2 cm³/mol. The third kappa shape index (κ3) is 4.04. The lowest BCUT2D eigenvalue weighted by Gasteiger charge is -2.36. The zero-order valence-electron chi connectivity index (χ0n) is 13.3. The molecule has 0 aromatic heterocycles. The zero-order chi connectivity index (χ0) is 22.4. The lowest BCUT2D eigenvalue weighted by Crippen LogP contribution is -2.67. The summed E-state index contributed by atoms with van der Waals surface area (Å²) in [5.74, 6) is -28.9. The van der Waals surface area contributed by atoms with Crippen molar-refractivity contribution in [2.45, 2.75) is 41.7 Å². The zero-order valence-corrected chi connectivity index (χ0v) is 14.1. The van der Waals surface area contributed by atoms with E-state index in [1.807, 2.05) is 0 Å². The van der Waals surface area contributed by atoms with Gasteiger partial charge in [-0.1, -0.05) is 17.7 Å². The Bertz CT molecular complexity index is 798. The van der Waals surface area contributed by atoms with Crippen LogP contribution >= 0.6 is 0 Å². The largest absolute Gasteiger partial charge is 0.460 e. The Kier molecular flexibility index (Phi) is 6.10. The molecule has 0 saturated heterocycles. The van der Waals surface area contributed by atoms with E-state index in [0.717, 1.165) is 24.3 Å². The quantitative estimate of drug-likeness (QED) is 0.439. The number of alkyl halides is 11. The number of benzene rings is 1. The molecule has 0 saturated carbocycles. The van der Waals surface area contributed by atoms with E-state index in [1.165, 1.54) is 6.92 Å². The smallest absolute Gasteiger partial charge is 0.260 e. The molecule has 0 amide bonds. The van der Waals surface area contributed by atoms with Gasteiger partial charge in [-0.05, 0) is 19.1 Å². The van der Waals surface area contributed by atoms with Crippen LogP contribution in [0.5, 0.6) is 0 Å². The molecule has 1 aromatic carbocycles. The van der Waals surface area contributed by atoms with Gasteiger partial charge in [0.1, 0.15) is 6.61 Å². The van der Waals surface area contributed by atoms with Crippen LogP contribution in [-0.2, 0) is 14.3 Å². The van der Waals surface area contributed by atoms with E-state index in [9.17, 15) is 56.7 Å². The van der Waals surface area contributed by atoms with Crippen molar-refractivity contribution in [2.24, 2.45) is 0 Å². The molecule has 0 bridgehead atoms. The van der Waals surface area contributed by atoms with Crippen LogP contribution in [0.4, 0.5) is 48.3 Å². The van der Waals surface area contributed by atoms with E-state index in [4.69, 9.17) is 0 Å². The van der Waals surface area contributed by atoms with Crippen molar-refractivity contribution in [2.75, 3.05) is 6.61 Å². The van der Waals surface area contributed by atoms with Gasteiger partial charge in [-0.3, -0.25) is 4.18 Å². The first-order chi connectivity index (χ1) is 12.2. The highest BCUT2D eigenvalue weighted by Crippen LogP contribution is 2.57. The molecule has 15 heteroatoms. The molecule has 0 atom stereocenters. The molecular formula is C13H9F11O3S. The second-order valence-electron chi connectivity index (χ2n) is 5.45. The fraction of sp³-hybridized carbons (Fsp3) is 0.538. The molecule has 0 aliphatic rings. The summed E-state index contributed by atoms with van der Waals surface area (Å²) < 4.78 is 167. The summed E-state index contributed by atoms with van der Waals surface area (Å²) in [6, 6.07) is 3.74. The topological polar surface area (TPSA) is 43.4 Å². The second-order valence-corrected chi connectivity index (χ2v) is 7.07. The average molecular weight is 454 g/mol. The van der Waals surface area contributed by atoms with Gasteiger partial charge in [0.05, 0.1) is 4.90 Å². The Balaban J connectivity index is 3.18. The Morgan fingerprint density at radius 3 is 1.57 bits per heavy atom. The molecule has 0 radical (unpaired) electrons. The summed E-state index contributed by atoms with van der Waals surface area (Å²) in [5, 5.41) is 0. The lowest BCUT2D eigenvalue weighted by atomic mass is 9.98. The molecule has 162 valence electrons. The summed E-state index contributed by atoms with van der Waals surface area (Å²) in [6.07, 6.45) is -7.30. The third-order valence-electron chi connectivity index (χ3n) is 3.31. The van der Waals surface area contributed by atoms with Gasteiger partial charge in [-0.25, -0.2) is 0 Å². The molecule has 0 fully saturated rings. The van der Waals surface area contributed by atoms with Crippen molar-refractivity contribution in [3.8, 4) is 0 Å². The number of halogens is 11. The van der Waals surface area contributed by atoms with Crippen LogP contribution in [0.2, 0.25) is 0 Å². The summed E-state index contributed by atoms with van der Waals surface area (Å²) in [5.41, 5.74) is 0.463. The van der Waals surface area contributed by atoms with Crippen molar-refractivity contribution in [1.29, 1.82) is 0 Å². The molecule has 1 aromatic rings. The van der Waals surface area contributed by atoms with Gasteiger partial charge in [-0.2, -0.15) is 56.7 Å². The van der Waals surface area contributed by atoms with Gasteiger partial charge in [0.2, 0.25) is 0 Å². The number of aryl methyl sites for hydroxylation is 1. The van der Waals surface area contributed by atoms with Crippen molar-refractivity contribution < 1.29 is 60.9 Å². The van der Waals surface area contributed by atoms with E-state index >= 15 is 0 Å². The summed E-state index contributed by atoms with van der Waals surface area (Å²) in [7, 11) is -5.25. The monoisotopic (exact) mass is 454 g/mol. The molecule has 0 spiro atoms. The highest BCUT2D eigenvalue weighted by Gasteiger charge is 2.87. The highest BCUT2D eigenvalue weighted by atomic mass is 32.2. The van der Waals surface area contributed by atoms with Gasteiger partial charge in [0.25, 0.3) is 10.1 Å². The van der Waals surface area contributed by atoms with E-state index in [0.29, 0.717) is 5.56 Å². The maximum atomic E-state index is 13.4. The Hall–Kier alpha value is -1.64. The normalized spacial score (nSPS) is 15.0. The number of hydrogen-bond acceptors (Lipinski definition) is 3. The molecule has 0 N–H and O–H groups in total. The molecule has 3 nitrogen and oxygen atoms in total. The Morgan fingerprint density at radius 2 is 1.18 bits per heavy atom. The molecule has 28 heavy (non-hydrogen) atoms. The van der Waals surface area contributed by atoms with Gasteiger partial charge in [0, 0.05) is 0 Å². The standard InChI is InChI=1S/C13H9F11O3S/c1-7-2-4-8(5-3-7)28(25,26)27-6-9(14,15)10(16,17)11(18,19)12(20,21)13(22,23)24/h2-5H,6H2,1H3. The Labute approximate surface area is 150 Å². The average Bonchev–Trinajstić information content (AvgIpc) is 2.52. The first-order valence-corrected chi connectivity index (χ1v) is 8.15. The van der Waals surface area contributed by atoms with Crippen molar-refractivity contribution in [1.82, 2.24) is 0 Å². The van der Waals surface area contributed by atoms with Crippen LogP contribution in [0.3, 0.4) is 0 Å². The van der Waals surface area contributed by atoms with Gasteiger partial charge >= 0.3 is 29.9 Å². The van der Waals surface area contributed by atoms with E-state index < -0.39 is 51.5 Å². The molecule has 0 aliphatic carbocycles. The molecule has 1 rings (SSSR count). The van der Waals surface area contributed by atoms with Crippen molar-refractivity contribution >= 4 is 10.1 Å². The van der Waals surface area contributed by atoms with Crippen LogP contribution in [0.15, 0.2) is 29.2 Å². The van der Waals surface area contributed by atoms with Crippen LogP contribution in [0, 0.1) is 6.92 Å². The summed E-state index contributed by atoms with van der Waals surface area (Å²) in [6.45, 7) is -1.66. The fourth-order valence-corrected chi connectivity index (χ4v) is 2.53. The van der Waals surface area contributed by atoms with Crippen molar-refractivity contribution in [3.05, 3.63) is 29.8 Å². The van der Waals surface area contributed by atoms with Crippen LogP contribution in [0.1, 0.15) is 5.56 Å². The SMILES string of the molecule is Cc1ccc(S(=O)(=O)OCC(F)(F)C(F)(F)C(F)(F)C(F)(F)C(F)(F)F)cc1. The molecule has 0 heterocycles. The Morgan fingerprint density at radius 1 is 0.750 bits per heavy atom. The van der Waals surface area contributed by atoms with E-state index in [2.05, 4.69) is 4.18 Å². The van der Waals surface area contributed by atoms with E-state index in [1.54, 1.807) is 0 Å². The third-order valence-corrected chi connectivity index (χ3v) is 4.59. The molecule has 0 aliphatic heterocycles. The van der Waals surface area contributed by atoms with Gasteiger partial charge < -0.3 is 0 Å². The molecular weight excluding hydrogens is 445 g/mol. The second kappa shape index (κ2) is 7.00. The van der Waals surface area contributed by atoms with Crippen LogP contribution < -0.4 is 0 Å². The minimum absolute atomic E-state index is 0.463. The minimum Gasteiger partial charge on any atom is -0.260 e. The number of rotatable bonds is 7. The highest BCUT2D eigenvalue weighted by molar-refractivity contribution is 7.86. The van der Waals surface area contributed by atoms with E-state index in [-0.39, 0.29) is 0 Å². The van der Waals surface area contributed by atoms with Crippen LogP contribution in [-0.4, -0.2) is 44.9 Å². The molecule has 0 unspecified atom stereocenters. The maximum Gasteiger partial charge on any atom is 0.460 e. The number of hydrogen-bond donors (Lipinski definition) is 0. The maximum absolute atomic E-state index is 13.4. The van der Waals surface area contributed by atoms with Crippen molar-refractivity contribution in [3.63, 3.8) is 0 Å². The van der Waals surface area contributed by atoms with Gasteiger partial charge in [-0.15, -0.1) is 0 Å². The summed E-state index contributed by atoms with van der Waals surface area (Å²) >= 11 is 0. The lowest BCUT2D eigenvalue weighted by molar-refractivity contribution is -0.423. The minimum atomic E-state index is -7.63. The first-order valence-electron chi connectivity index (χ1n) is 6.75. The summed E-state index contributed by atoms with van der Waals surface area (Å²) in [4.78, 5) is -0.885. The predicted octanol–water partition coefficient (Wildman–Crippen LogP) is 4.80. The van der Waals surface area contributed by atoms with Gasteiger partial charge in [0.15, 0.2) is 0 Å². The first kappa shape index (κ1) is 24.4. The fourth-order valence-electron chi connectivity index (χ4n) is 1.62.